The van der Waals surface area contributed by atoms with E-state index in [1.54, 1.807) is 0 Å². The molecule has 0 atom stereocenters. The molecule has 1 aromatic carbocycles. The van der Waals surface area contributed by atoms with Crippen LogP contribution in [0.2, 0.25) is 0 Å². The van der Waals surface area contributed by atoms with E-state index in [0.717, 1.165) is 24.5 Å². The first-order chi connectivity index (χ1) is 10.1. The van der Waals surface area contributed by atoms with Crippen molar-refractivity contribution in [2.45, 2.75) is 33.9 Å². The lowest BCUT2D eigenvalue weighted by Crippen LogP contribution is -2.19. The highest BCUT2D eigenvalue weighted by molar-refractivity contribution is 5.27. The van der Waals surface area contributed by atoms with Crippen LogP contribution in [0, 0.1) is 12.8 Å². The van der Waals surface area contributed by atoms with Gasteiger partial charge in [-0.25, -0.2) is 0 Å². The van der Waals surface area contributed by atoms with Crippen LogP contribution in [0.3, 0.4) is 0 Å². The van der Waals surface area contributed by atoms with Crippen molar-refractivity contribution in [3.63, 3.8) is 0 Å². The van der Waals surface area contributed by atoms with Gasteiger partial charge >= 0.3 is 0 Å². The first-order valence-electron chi connectivity index (χ1n) is 7.47. The molecule has 0 saturated heterocycles. The highest BCUT2D eigenvalue weighted by atomic mass is 16.5. The number of ether oxygens (including phenoxy) is 1. The molecule has 1 heterocycles. The summed E-state index contributed by atoms with van der Waals surface area (Å²) in [6, 6.07) is 12.2. The molecule has 0 aliphatic rings. The summed E-state index contributed by atoms with van der Waals surface area (Å²) in [4.78, 5) is 4.45. The molecule has 1 N–H and O–H groups in total. The molecule has 3 nitrogen and oxygen atoms in total. The average molecular weight is 284 g/mol. The third-order valence-corrected chi connectivity index (χ3v) is 3.14. The lowest BCUT2D eigenvalue weighted by molar-refractivity contribution is 0.301. The number of benzene rings is 1. The van der Waals surface area contributed by atoms with E-state index in [9.17, 15) is 0 Å². The third kappa shape index (κ3) is 5.56. The average Bonchev–Trinajstić information content (AvgIpc) is 2.46. The molecule has 0 bridgehead atoms. The normalized spacial score (nSPS) is 10.9. The zero-order valence-electron chi connectivity index (χ0n) is 13.1. The SMILES string of the molecule is Cc1cccc(OCc2ccc(CNCC(C)C)cn2)c1. The van der Waals surface area contributed by atoms with Crippen molar-refractivity contribution >= 4 is 0 Å². The predicted octanol–water partition coefficient (Wildman–Crippen LogP) is 3.71. The Hall–Kier alpha value is -1.87. The summed E-state index contributed by atoms with van der Waals surface area (Å²) >= 11 is 0. The van der Waals surface area contributed by atoms with Gasteiger partial charge in [0.1, 0.15) is 12.4 Å². The van der Waals surface area contributed by atoms with E-state index in [4.69, 9.17) is 4.74 Å². The maximum Gasteiger partial charge on any atom is 0.130 e. The highest BCUT2D eigenvalue weighted by Gasteiger charge is 2.00. The van der Waals surface area contributed by atoms with Crippen molar-refractivity contribution in [2.24, 2.45) is 5.92 Å². The quantitative estimate of drug-likeness (QED) is 0.841. The van der Waals surface area contributed by atoms with Gasteiger partial charge in [-0.15, -0.1) is 0 Å². The van der Waals surface area contributed by atoms with Crippen molar-refractivity contribution in [1.82, 2.24) is 10.3 Å². The van der Waals surface area contributed by atoms with Crippen LogP contribution < -0.4 is 10.1 Å². The molecule has 0 aliphatic carbocycles. The fourth-order valence-corrected chi connectivity index (χ4v) is 2.01. The molecule has 21 heavy (non-hydrogen) atoms. The Morgan fingerprint density at radius 2 is 2.05 bits per heavy atom. The Labute approximate surface area is 127 Å². The van der Waals surface area contributed by atoms with Crippen molar-refractivity contribution in [1.29, 1.82) is 0 Å². The Bertz CT molecular complexity index is 549. The standard InChI is InChI=1S/C18H24N2O/c1-14(2)10-19-11-16-7-8-17(20-12-16)13-21-18-6-4-5-15(3)9-18/h4-9,12,14,19H,10-11,13H2,1-3H3. The Morgan fingerprint density at radius 1 is 1.19 bits per heavy atom. The van der Waals surface area contributed by atoms with Gasteiger partial charge in [-0.3, -0.25) is 4.98 Å². The fraction of sp³-hybridized carbons (Fsp3) is 0.389. The van der Waals surface area contributed by atoms with Crippen LogP contribution >= 0.6 is 0 Å². The molecule has 2 rings (SSSR count). The van der Waals surface area contributed by atoms with Gasteiger partial charge < -0.3 is 10.1 Å². The molecule has 0 amide bonds. The monoisotopic (exact) mass is 284 g/mol. The van der Waals surface area contributed by atoms with Crippen molar-refractivity contribution < 1.29 is 4.74 Å². The van der Waals surface area contributed by atoms with Crippen LogP contribution in [0.15, 0.2) is 42.6 Å². The summed E-state index contributed by atoms with van der Waals surface area (Å²) in [6.45, 7) is 8.86. The van der Waals surface area contributed by atoms with E-state index in [1.165, 1.54) is 11.1 Å². The number of hydrogen-bond donors (Lipinski definition) is 1. The molecule has 0 radical (unpaired) electrons. The van der Waals surface area contributed by atoms with Gasteiger partial charge in [-0.05, 0) is 48.7 Å². The van der Waals surface area contributed by atoms with Gasteiger partial charge in [0, 0.05) is 12.7 Å². The fourth-order valence-electron chi connectivity index (χ4n) is 2.01. The minimum Gasteiger partial charge on any atom is -0.487 e. The summed E-state index contributed by atoms with van der Waals surface area (Å²) in [5.74, 6) is 1.56. The number of hydrogen-bond acceptors (Lipinski definition) is 3. The van der Waals surface area contributed by atoms with Crippen LogP contribution in [0.4, 0.5) is 0 Å². The topological polar surface area (TPSA) is 34.1 Å². The molecule has 3 heteroatoms. The van der Waals surface area contributed by atoms with E-state index in [0.29, 0.717) is 12.5 Å². The number of pyridine rings is 1. The number of nitrogens with one attached hydrogen (secondary N) is 1. The second kappa shape index (κ2) is 7.79. The number of aryl methyl sites for hydroxylation is 1. The Balaban J connectivity index is 1.82. The summed E-state index contributed by atoms with van der Waals surface area (Å²) in [6.07, 6.45) is 1.92. The summed E-state index contributed by atoms with van der Waals surface area (Å²) < 4.78 is 5.75. The summed E-state index contributed by atoms with van der Waals surface area (Å²) in [5, 5.41) is 3.41. The molecule has 0 saturated carbocycles. The molecular weight excluding hydrogens is 260 g/mol. The van der Waals surface area contributed by atoms with Crippen LogP contribution in [0.1, 0.15) is 30.7 Å². The second-order valence-electron chi connectivity index (χ2n) is 5.79. The van der Waals surface area contributed by atoms with Crippen molar-refractivity contribution in [2.75, 3.05) is 6.54 Å². The van der Waals surface area contributed by atoms with E-state index in [1.807, 2.05) is 30.5 Å². The van der Waals surface area contributed by atoms with Crippen LogP contribution in [-0.2, 0) is 13.2 Å². The van der Waals surface area contributed by atoms with Gasteiger partial charge in [-0.2, -0.15) is 0 Å². The molecule has 1 aromatic heterocycles. The van der Waals surface area contributed by atoms with Gasteiger partial charge in [0.15, 0.2) is 0 Å². The minimum absolute atomic E-state index is 0.503. The van der Waals surface area contributed by atoms with Gasteiger partial charge in [0.2, 0.25) is 0 Å². The molecule has 0 fully saturated rings. The molecule has 0 unspecified atom stereocenters. The highest BCUT2D eigenvalue weighted by Crippen LogP contribution is 2.14. The van der Waals surface area contributed by atoms with Crippen LogP contribution in [0.5, 0.6) is 5.75 Å². The molecular formula is C18H24N2O. The van der Waals surface area contributed by atoms with Gasteiger partial charge in [-0.1, -0.05) is 32.0 Å². The molecule has 0 spiro atoms. The number of nitrogens with zero attached hydrogens (tertiary/aromatic N) is 1. The lowest BCUT2D eigenvalue weighted by atomic mass is 10.2. The maximum atomic E-state index is 5.75. The maximum absolute atomic E-state index is 5.75. The van der Waals surface area contributed by atoms with Crippen molar-refractivity contribution in [3.05, 3.63) is 59.4 Å². The number of rotatable bonds is 7. The van der Waals surface area contributed by atoms with E-state index in [2.05, 4.69) is 43.2 Å². The van der Waals surface area contributed by atoms with Crippen LogP contribution in [-0.4, -0.2) is 11.5 Å². The summed E-state index contributed by atoms with van der Waals surface area (Å²) in [7, 11) is 0. The molecule has 112 valence electrons. The molecule has 0 aliphatic heterocycles. The number of aromatic nitrogens is 1. The van der Waals surface area contributed by atoms with E-state index >= 15 is 0 Å². The van der Waals surface area contributed by atoms with E-state index < -0.39 is 0 Å². The smallest absolute Gasteiger partial charge is 0.130 e. The van der Waals surface area contributed by atoms with Gasteiger partial charge in [0.05, 0.1) is 5.69 Å². The second-order valence-corrected chi connectivity index (χ2v) is 5.79. The summed E-state index contributed by atoms with van der Waals surface area (Å²) in [5.41, 5.74) is 3.35. The molecule has 2 aromatic rings. The predicted molar refractivity (Wildman–Crippen MR) is 86.3 cm³/mol. The van der Waals surface area contributed by atoms with Crippen LogP contribution in [0.25, 0.3) is 0 Å². The van der Waals surface area contributed by atoms with Gasteiger partial charge in [0.25, 0.3) is 0 Å². The Kier molecular flexibility index (Phi) is 5.76. The largest absolute Gasteiger partial charge is 0.487 e. The Morgan fingerprint density at radius 3 is 2.71 bits per heavy atom. The zero-order chi connectivity index (χ0) is 15.1. The lowest BCUT2D eigenvalue weighted by Gasteiger charge is -2.09. The third-order valence-electron chi connectivity index (χ3n) is 3.14. The van der Waals surface area contributed by atoms with E-state index in [-0.39, 0.29) is 0 Å². The zero-order valence-corrected chi connectivity index (χ0v) is 13.1. The minimum atomic E-state index is 0.503. The first kappa shape index (κ1) is 15.5. The first-order valence-corrected chi connectivity index (χ1v) is 7.47. The van der Waals surface area contributed by atoms with Crippen molar-refractivity contribution in [3.8, 4) is 5.75 Å².